The molecule has 1 aliphatic heterocycles. The Bertz CT molecular complexity index is 420. The second kappa shape index (κ2) is 3.91. The molecule has 0 aromatic heterocycles. The molecule has 5 heteroatoms. The van der Waals surface area contributed by atoms with Gasteiger partial charge in [-0.25, -0.2) is 0 Å². The van der Waals surface area contributed by atoms with Crippen LogP contribution in [-0.4, -0.2) is 17.4 Å². The summed E-state index contributed by atoms with van der Waals surface area (Å²) in [5.41, 5.74) is 6.14. The minimum Gasteiger partial charge on any atom is -0.449 e. The summed E-state index contributed by atoms with van der Waals surface area (Å²) in [6, 6.07) is 3.55. The Hall–Kier alpha value is -0.780. The van der Waals surface area contributed by atoms with Gasteiger partial charge in [-0.2, -0.15) is 0 Å². The molecular formula is C11H14BrNO3. The predicted molar refractivity (Wildman–Crippen MR) is 63.5 cm³/mol. The summed E-state index contributed by atoms with van der Waals surface area (Å²) < 4.78 is 11.9. The van der Waals surface area contributed by atoms with Gasteiger partial charge in [-0.3, -0.25) is 0 Å². The van der Waals surface area contributed by atoms with E-state index in [1.807, 2.05) is 13.8 Å². The average molecular weight is 288 g/mol. The Morgan fingerprint density at radius 3 is 2.50 bits per heavy atom. The molecular weight excluding hydrogens is 274 g/mol. The Kier molecular flexibility index (Phi) is 2.86. The van der Waals surface area contributed by atoms with Gasteiger partial charge >= 0.3 is 0 Å². The first-order chi connectivity index (χ1) is 7.43. The summed E-state index contributed by atoms with van der Waals surface area (Å²) in [5.74, 6) is 0.647. The lowest BCUT2D eigenvalue weighted by Gasteiger charge is -2.16. The van der Waals surface area contributed by atoms with Gasteiger partial charge < -0.3 is 20.3 Å². The summed E-state index contributed by atoms with van der Waals surface area (Å²) in [7, 11) is 0. The Balaban J connectivity index is 2.41. The van der Waals surface area contributed by atoms with Crippen LogP contribution in [0, 0.1) is 0 Å². The predicted octanol–water partition coefficient (Wildman–Crippen LogP) is 1.95. The van der Waals surface area contributed by atoms with Crippen LogP contribution >= 0.6 is 15.9 Å². The van der Waals surface area contributed by atoms with Crippen molar-refractivity contribution >= 4 is 15.9 Å². The standard InChI is InChI=1S/C11H14BrNO3/c1-11(2)15-9-3-6(8(14)5-13)7(12)4-10(9)16-11/h3-4,8,14H,5,13H2,1-2H3. The maximum absolute atomic E-state index is 9.72. The van der Waals surface area contributed by atoms with Gasteiger partial charge in [-0.05, 0) is 17.7 Å². The number of fused-ring (bicyclic) bond motifs is 1. The zero-order valence-electron chi connectivity index (χ0n) is 9.16. The highest BCUT2D eigenvalue weighted by Crippen LogP contribution is 2.43. The fourth-order valence-corrected chi connectivity index (χ4v) is 2.23. The molecule has 0 saturated carbocycles. The smallest absolute Gasteiger partial charge is 0.246 e. The Morgan fingerprint density at radius 1 is 1.38 bits per heavy atom. The lowest BCUT2D eigenvalue weighted by molar-refractivity contribution is -0.0432. The zero-order chi connectivity index (χ0) is 11.9. The molecule has 1 aliphatic rings. The zero-order valence-corrected chi connectivity index (χ0v) is 10.7. The highest BCUT2D eigenvalue weighted by Gasteiger charge is 2.32. The molecule has 1 aromatic carbocycles. The van der Waals surface area contributed by atoms with Crippen LogP contribution in [-0.2, 0) is 0 Å². The molecule has 2 rings (SSSR count). The van der Waals surface area contributed by atoms with Gasteiger partial charge in [0.1, 0.15) is 0 Å². The van der Waals surface area contributed by atoms with Crippen molar-refractivity contribution < 1.29 is 14.6 Å². The number of benzene rings is 1. The summed E-state index contributed by atoms with van der Waals surface area (Å²) in [5, 5.41) is 9.72. The molecule has 1 heterocycles. The molecule has 0 fully saturated rings. The fraction of sp³-hybridized carbons (Fsp3) is 0.455. The van der Waals surface area contributed by atoms with Crippen LogP contribution in [0.3, 0.4) is 0 Å². The first-order valence-corrected chi connectivity index (χ1v) is 5.82. The van der Waals surface area contributed by atoms with Crippen molar-refractivity contribution in [2.24, 2.45) is 5.73 Å². The molecule has 0 bridgehead atoms. The van der Waals surface area contributed by atoms with Gasteiger partial charge in [-0.1, -0.05) is 15.9 Å². The van der Waals surface area contributed by atoms with Crippen molar-refractivity contribution in [1.82, 2.24) is 0 Å². The van der Waals surface area contributed by atoms with Gasteiger partial charge in [0, 0.05) is 24.9 Å². The maximum atomic E-state index is 9.72. The molecule has 0 spiro atoms. The Morgan fingerprint density at radius 2 is 1.94 bits per heavy atom. The molecule has 0 radical (unpaired) electrons. The minimum absolute atomic E-state index is 0.168. The monoisotopic (exact) mass is 287 g/mol. The molecule has 16 heavy (non-hydrogen) atoms. The normalized spacial score (nSPS) is 18.6. The molecule has 1 aromatic rings. The second-order valence-electron chi connectivity index (χ2n) is 4.18. The van der Waals surface area contributed by atoms with Crippen molar-refractivity contribution in [1.29, 1.82) is 0 Å². The van der Waals surface area contributed by atoms with Crippen molar-refractivity contribution in [2.75, 3.05) is 6.54 Å². The fourth-order valence-electron chi connectivity index (χ4n) is 1.64. The van der Waals surface area contributed by atoms with Crippen molar-refractivity contribution in [3.05, 3.63) is 22.2 Å². The van der Waals surface area contributed by atoms with Gasteiger partial charge in [0.15, 0.2) is 11.5 Å². The molecule has 88 valence electrons. The minimum atomic E-state index is -0.702. The largest absolute Gasteiger partial charge is 0.449 e. The first kappa shape index (κ1) is 11.7. The molecule has 1 atom stereocenters. The van der Waals surface area contributed by atoms with E-state index in [9.17, 15) is 5.11 Å². The maximum Gasteiger partial charge on any atom is 0.246 e. The first-order valence-electron chi connectivity index (χ1n) is 5.02. The third kappa shape index (κ3) is 2.03. The van der Waals surface area contributed by atoms with Crippen LogP contribution in [0.2, 0.25) is 0 Å². The molecule has 4 nitrogen and oxygen atoms in total. The lowest BCUT2D eigenvalue weighted by atomic mass is 10.1. The van der Waals surface area contributed by atoms with Crippen LogP contribution in [0.1, 0.15) is 25.5 Å². The summed E-state index contributed by atoms with van der Waals surface area (Å²) >= 11 is 3.38. The average Bonchev–Trinajstić information content (AvgIpc) is 2.48. The van der Waals surface area contributed by atoms with Gasteiger partial charge in [-0.15, -0.1) is 0 Å². The number of hydrogen-bond acceptors (Lipinski definition) is 4. The van der Waals surface area contributed by atoms with E-state index in [4.69, 9.17) is 15.2 Å². The topological polar surface area (TPSA) is 64.7 Å². The molecule has 3 N–H and O–H groups in total. The summed E-state index contributed by atoms with van der Waals surface area (Å²) in [6.07, 6.45) is -0.702. The van der Waals surface area contributed by atoms with Gasteiger partial charge in [0.2, 0.25) is 5.79 Å². The summed E-state index contributed by atoms with van der Waals surface area (Å²) in [6.45, 7) is 3.83. The lowest BCUT2D eigenvalue weighted by Crippen LogP contribution is -2.29. The van der Waals surface area contributed by atoms with Crippen molar-refractivity contribution in [3.63, 3.8) is 0 Å². The van der Waals surface area contributed by atoms with Crippen LogP contribution < -0.4 is 15.2 Å². The number of aliphatic hydroxyl groups is 1. The molecule has 0 amide bonds. The van der Waals surface area contributed by atoms with Crippen molar-refractivity contribution in [3.8, 4) is 11.5 Å². The van der Waals surface area contributed by atoms with E-state index in [0.29, 0.717) is 17.1 Å². The third-order valence-electron chi connectivity index (χ3n) is 2.36. The van der Waals surface area contributed by atoms with Crippen LogP contribution in [0.15, 0.2) is 16.6 Å². The van der Waals surface area contributed by atoms with E-state index >= 15 is 0 Å². The second-order valence-corrected chi connectivity index (χ2v) is 5.03. The number of aliphatic hydroxyl groups excluding tert-OH is 1. The quantitative estimate of drug-likeness (QED) is 0.873. The molecule has 0 aliphatic carbocycles. The van der Waals surface area contributed by atoms with Crippen LogP contribution in [0.25, 0.3) is 0 Å². The van der Waals surface area contributed by atoms with Crippen molar-refractivity contribution in [2.45, 2.75) is 25.7 Å². The number of nitrogens with two attached hydrogens (primary N) is 1. The van der Waals surface area contributed by atoms with E-state index in [1.165, 1.54) is 0 Å². The van der Waals surface area contributed by atoms with Crippen LogP contribution in [0.5, 0.6) is 11.5 Å². The number of hydrogen-bond donors (Lipinski definition) is 2. The third-order valence-corrected chi connectivity index (χ3v) is 3.04. The van der Waals surface area contributed by atoms with E-state index in [0.717, 1.165) is 4.47 Å². The number of ether oxygens (including phenoxy) is 2. The van der Waals surface area contributed by atoms with Gasteiger partial charge in [0.25, 0.3) is 0 Å². The van der Waals surface area contributed by atoms with E-state index in [1.54, 1.807) is 12.1 Å². The number of rotatable bonds is 2. The van der Waals surface area contributed by atoms with E-state index in [-0.39, 0.29) is 6.54 Å². The SMILES string of the molecule is CC1(C)Oc2cc(Br)c(C(O)CN)cc2O1. The van der Waals surface area contributed by atoms with E-state index in [2.05, 4.69) is 15.9 Å². The highest BCUT2D eigenvalue weighted by atomic mass is 79.9. The van der Waals surface area contributed by atoms with E-state index < -0.39 is 11.9 Å². The molecule has 1 unspecified atom stereocenters. The Labute approximate surface area is 102 Å². The van der Waals surface area contributed by atoms with Gasteiger partial charge in [0.05, 0.1) is 6.10 Å². The summed E-state index contributed by atoms with van der Waals surface area (Å²) in [4.78, 5) is 0. The number of halogens is 1. The van der Waals surface area contributed by atoms with Crippen LogP contribution in [0.4, 0.5) is 0 Å². The highest BCUT2D eigenvalue weighted by molar-refractivity contribution is 9.10. The molecule has 0 saturated heterocycles.